The number of benzene rings is 1. The highest BCUT2D eigenvalue weighted by atomic mass is 32.2. The molecule has 2 N–H and O–H groups in total. The minimum atomic E-state index is -0.675. The molecular weight excluding hydrogens is 559 g/mol. The van der Waals surface area contributed by atoms with E-state index >= 15 is 0 Å². The first-order valence-corrected chi connectivity index (χ1v) is 14.8. The van der Waals surface area contributed by atoms with Gasteiger partial charge in [-0.05, 0) is 54.9 Å². The van der Waals surface area contributed by atoms with E-state index in [1.807, 2.05) is 5.38 Å². The molecule has 0 spiro atoms. The van der Waals surface area contributed by atoms with Gasteiger partial charge in [-0.1, -0.05) is 30.0 Å². The predicted molar refractivity (Wildman–Crippen MR) is 153 cm³/mol. The Morgan fingerprint density at radius 2 is 1.85 bits per heavy atom. The van der Waals surface area contributed by atoms with Crippen molar-refractivity contribution in [2.45, 2.75) is 37.8 Å². The van der Waals surface area contributed by atoms with Gasteiger partial charge in [0.2, 0.25) is 5.91 Å². The number of ether oxygens (including phenoxy) is 2. The number of fused-ring (bicyclic) bond motifs is 2. The minimum absolute atomic E-state index is 0.0807. The van der Waals surface area contributed by atoms with Crippen molar-refractivity contribution in [2.24, 2.45) is 0 Å². The zero-order valence-electron chi connectivity index (χ0n) is 21.5. The SMILES string of the molecule is COC(=O)c1sc(NC(=O)CSc2nc3scc(-c4ccc5c(c4)CCCC5)c3c(=O)[nH]2)c(C(=O)OC)c1C. The molecule has 39 heavy (non-hydrogen) atoms. The summed E-state index contributed by atoms with van der Waals surface area (Å²) in [5, 5.41) is 5.66. The molecule has 12 heteroatoms. The average molecular weight is 584 g/mol. The summed E-state index contributed by atoms with van der Waals surface area (Å²) in [5.74, 6) is -1.81. The number of rotatable bonds is 7. The average Bonchev–Trinajstić information content (AvgIpc) is 3.52. The Morgan fingerprint density at radius 1 is 1.10 bits per heavy atom. The number of H-pyrrole nitrogens is 1. The van der Waals surface area contributed by atoms with E-state index in [0.717, 1.165) is 47.1 Å². The zero-order valence-corrected chi connectivity index (χ0v) is 23.9. The normalized spacial score (nSPS) is 12.7. The molecule has 0 fully saturated rings. The second-order valence-corrected chi connectivity index (χ2v) is 11.8. The van der Waals surface area contributed by atoms with Crippen LogP contribution in [0.15, 0.2) is 33.5 Å². The first-order chi connectivity index (χ1) is 18.8. The van der Waals surface area contributed by atoms with Crippen molar-refractivity contribution >= 4 is 67.5 Å². The maximum atomic E-state index is 13.1. The van der Waals surface area contributed by atoms with Gasteiger partial charge in [0.25, 0.3) is 5.56 Å². The molecule has 0 bridgehead atoms. The van der Waals surface area contributed by atoms with Crippen molar-refractivity contribution in [3.05, 3.63) is 61.1 Å². The van der Waals surface area contributed by atoms with Crippen LogP contribution in [0.25, 0.3) is 21.3 Å². The van der Waals surface area contributed by atoms with Crippen LogP contribution in [0.2, 0.25) is 0 Å². The Labute approximate surface area is 236 Å². The smallest absolute Gasteiger partial charge is 0.348 e. The highest BCUT2D eigenvalue weighted by Gasteiger charge is 2.27. The van der Waals surface area contributed by atoms with Crippen LogP contribution in [0.5, 0.6) is 0 Å². The summed E-state index contributed by atoms with van der Waals surface area (Å²) in [5.41, 5.74) is 4.79. The molecule has 202 valence electrons. The van der Waals surface area contributed by atoms with E-state index in [1.54, 1.807) is 6.92 Å². The molecule has 0 saturated heterocycles. The maximum Gasteiger partial charge on any atom is 0.348 e. The van der Waals surface area contributed by atoms with Gasteiger partial charge in [-0.15, -0.1) is 22.7 Å². The Balaban J connectivity index is 1.34. The van der Waals surface area contributed by atoms with Crippen molar-refractivity contribution in [2.75, 3.05) is 25.3 Å². The second-order valence-electron chi connectivity index (χ2n) is 8.97. The van der Waals surface area contributed by atoms with Gasteiger partial charge in [0.15, 0.2) is 5.16 Å². The number of hydrogen-bond acceptors (Lipinski definition) is 10. The Bertz CT molecular complexity index is 1670. The first-order valence-electron chi connectivity index (χ1n) is 12.2. The number of methoxy groups -OCH3 is 2. The number of carbonyl (C=O) groups is 3. The van der Waals surface area contributed by atoms with Crippen LogP contribution in [0.3, 0.4) is 0 Å². The summed E-state index contributed by atoms with van der Waals surface area (Å²) in [6.07, 6.45) is 4.54. The number of amides is 1. The number of thioether (sulfide) groups is 1. The summed E-state index contributed by atoms with van der Waals surface area (Å²) >= 11 is 3.39. The second kappa shape index (κ2) is 11.3. The van der Waals surface area contributed by atoms with Crippen LogP contribution >= 0.6 is 34.4 Å². The molecule has 3 heterocycles. The Hall–Kier alpha value is -3.48. The molecule has 1 aliphatic rings. The van der Waals surface area contributed by atoms with Crippen molar-refractivity contribution in [3.63, 3.8) is 0 Å². The fraction of sp³-hybridized carbons (Fsp3) is 0.296. The summed E-state index contributed by atoms with van der Waals surface area (Å²) < 4.78 is 9.59. The number of thiophene rings is 2. The number of aromatic amines is 1. The van der Waals surface area contributed by atoms with Crippen LogP contribution < -0.4 is 10.9 Å². The quantitative estimate of drug-likeness (QED) is 0.173. The third-order valence-corrected chi connectivity index (χ3v) is 9.51. The maximum absolute atomic E-state index is 13.1. The lowest BCUT2D eigenvalue weighted by atomic mass is 9.89. The minimum Gasteiger partial charge on any atom is -0.465 e. The molecule has 4 aromatic rings. The molecule has 0 saturated carbocycles. The standard InChI is InChI=1S/C27H25N3O6S3/c1-13-19(25(33)35-2)24(39-21(13)26(34)36-3)28-18(31)12-38-27-29-22(32)20-17(11-37-23(20)30-27)16-9-8-14-6-4-5-7-15(14)10-16/h8-11H,4-7,12H2,1-3H3,(H,28,31)(H,29,30,32). The van der Waals surface area contributed by atoms with E-state index in [2.05, 4.69) is 33.5 Å². The molecule has 1 aliphatic carbocycles. The molecule has 3 aromatic heterocycles. The number of nitrogens with one attached hydrogen (secondary N) is 2. The Kier molecular flexibility index (Phi) is 7.87. The van der Waals surface area contributed by atoms with Gasteiger partial charge >= 0.3 is 11.9 Å². The van der Waals surface area contributed by atoms with E-state index in [-0.39, 0.29) is 26.8 Å². The van der Waals surface area contributed by atoms with Gasteiger partial charge in [0.05, 0.1) is 30.9 Å². The van der Waals surface area contributed by atoms with Crippen molar-refractivity contribution in [3.8, 4) is 11.1 Å². The van der Waals surface area contributed by atoms with Gasteiger partial charge in [-0.2, -0.15) is 0 Å². The molecule has 0 unspecified atom stereocenters. The summed E-state index contributed by atoms with van der Waals surface area (Å²) in [6, 6.07) is 6.41. The third-order valence-electron chi connectivity index (χ3n) is 6.58. The van der Waals surface area contributed by atoms with Gasteiger partial charge in [-0.3, -0.25) is 9.59 Å². The van der Waals surface area contributed by atoms with Crippen LogP contribution in [0, 0.1) is 6.92 Å². The number of aromatic nitrogens is 2. The monoisotopic (exact) mass is 583 g/mol. The fourth-order valence-corrected chi connectivity index (χ4v) is 7.44. The summed E-state index contributed by atoms with van der Waals surface area (Å²) in [4.78, 5) is 58.4. The van der Waals surface area contributed by atoms with Crippen LogP contribution in [-0.2, 0) is 27.1 Å². The number of carbonyl (C=O) groups excluding carboxylic acids is 3. The highest BCUT2D eigenvalue weighted by molar-refractivity contribution is 7.99. The molecule has 5 rings (SSSR count). The molecule has 9 nitrogen and oxygen atoms in total. The van der Waals surface area contributed by atoms with Crippen molar-refractivity contribution in [1.82, 2.24) is 9.97 Å². The van der Waals surface area contributed by atoms with Gasteiger partial charge in [-0.25, -0.2) is 14.6 Å². The lowest BCUT2D eigenvalue weighted by Crippen LogP contribution is -2.17. The topological polar surface area (TPSA) is 127 Å². The van der Waals surface area contributed by atoms with Gasteiger partial charge in [0.1, 0.15) is 14.7 Å². The molecule has 0 atom stereocenters. The summed E-state index contributed by atoms with van der Waals surface area (Å²) in [6.45, 7) is 1.59. The number of nitrogens with zero attached hydrogens (tertiary/aromatic N) is 1. The number of anilines is 1. The lowest BCUT2D eigenvalue weighted by molar-refractivity contribution is -0.113. The van der Waals surface area contributed by atoms with E-state index in [4.69, 9.17) is 9.47 Å². The molecule has 1 amide bonds. The van der Waals surface area contributed by atoms with Gasteiger partial charge < -0.3 is 19.8 Å². The molecule has 0 radical (unpaired) electrons. The highest BCUT2D eigenvalue weighted by Crippen LogP contribution is 2.36. The van der Waals surface area contributed by atoms with Gasteiger partial charge in [0, 0.05) is 10.9 Å². The Morgan fingerprint density at radius 3 is 2.59 bits per heavy atom. The van der Waals surface area contributed by atoms with Crippen LogP contribution in [0.1, 0.15) is 49.6 Å². The van der Waals surface area contributed by atoms with Crippen molar-refractivity contribution in [1.29, 1.82) is 0 Å². The largest absolute Gasteiger partial charge is 0.465 e. The lowest BCUT2D eigenvalue weighted by Gasteiger charge is -2.16. The van der Waals surface area contributed by atoms with Crippen molar-refractivity contribution < 1.29 is 23.9 Å². The first kappa shape index (κ1) is 27.1. The van der Waals surface area contributed by atoms with E-state index < -0.39 is 17.8 Å². The number of esters is 2. The molecular formula is C27H25N3O6S3. The summed E-state index contributed by atoms with van der Waals surface area (Å²) in [7, 11) is 2.46. The molecule has 1 aromatic carbocycles. The predicted octanol–water partition coefficient (Wildman–Crippen LogP) is 5.20. The molecule has 0 aliphatic heterocycles. The third kappa shape index (κ3) is 5.36. The van der Waals surface area contributed by atoms with E-state index in [0.29, 0.717) is 20.9 Å². The number of hydrogen-bond donors (Lipinski definition) is 2. The van der Waals surface area contributed by atoms with E-state index in [9.17, 15) is 19.2 Å². The zero-order chi connectivity index (χ0) is 27.7. The van der Waals surface area contributed by atoms with Crippen LogP contribution in [0.4, 0.5) is 5.00 Å². The fourth-order valence-electron chi connectivity index (χ4n) is 4.64. The van der Waals surface area contributed by atoms with Crippen LogP contribution in [-0.4, -0.2) is 47.8 Å². The number of aryl methyl sites for hydroxylation is 2. The van der Waals surface area contributed by atoms with E-state index in [1.165, 1.54) is 49.5 Å².